The van der Waals surface area contributed by atoms with E-state index in [1.807, 2.05) is 46.0 Å². The molecule has 0 unspecified atom stereocenters. The standard InChI is InChI=1S/C17H26N2O3/c1-16(2,3)22-15(20)19-13-6-7-14(21-5)12(10-13)11-17(18-4)8-9-17/h6-7,10,18H,8-9,11H2,1-5H3,(H,19,20). The third-order valence-corrected chi connectivity index (χ3v) is 3.84. The van der Waals surface area contributed by atoms with Crippen LogP contribution in [0.1, 0.15) is 39.2 Å². The van der Waals surface area contributed by atoms with Gasteiger partial charge in [0.2, 0.25) is 0 Å². The molecule has 5 nitrogen and oxygen atoms in total. The van der Waals surface area contributed by atoms with Crippen LogP contribution in [0.15, 0.2) is 18.2 Å². The first kappa shape index (κ1) is 16.6. The van der Waals surface area contributed by atoms with Gasteiger partial charge in [-0.25, -0.2) is 4.79 Å². The Balaban J connectivity index is 2.11. The molecule has 2 rings (SSSR count). The molecule has 1 amide bonds. The lowest BCUT2D eigenvalue weighted by Gasteiger charge is -2.20. The van der Waals surface area contributed by atoms with Crippen LogP contribution in [0, 0.1) is 0 Å². The third kappa shape index (κ3) is 4.37. The largest absolute Gasteiger partial charge is 0.496 e. The molecule has 0 heterocycles. The number of likely N-dealkylation sites (N-methyl/N-ethyl adjacent to an activating group) is 1. The Morgan fingerprint density at radius 1 is 1.32 bits per heavy atom. The number of methoxy groups -OCH3 is 1. The van der Waals surface area contributed by atoms with Gasteiger partial charge in [0.25, 0.3) is 0 Å². The summed E-state index contributed by atoms with van der Waals surface area (Å²) in [5, 5.41) is 6.15. The highest BCUT2D eigenvalue weighted by molar-refractivity contribution is 5.85. The van der Waals surface area contributed by atoms with Gasteiger partial charge in [-0.1, -0.05) is 0 Å². The molecule has 0 radical (unpaired) electrons. The third-order valence-electron chi connectivity index (χ3n) is 3.84. The van der Waals surface area contributed by atoms with Crippen molar-refractivity contribution in [3.8, 4) is 5.75 Å². The van der Waals surface area contributed by atoms with Gasteiger partial charge >= 0.3 is 6.09 Å². The Labute approximate surface area is 132 Å². The van der Waals surface area contributed by atoms with Crippen LogP contribution in [-0.4, -0.2) is 31.4 Å². The molecule has 0 atom stereocenters. The van der Waals surface area contributed by atoms with Gasteiger partial charge in [-0.15, -0.1) is 0 Å². The van der Waals surface area contributed by atoms with Crippen LogP contribution in [0.25, 0.3) is 0 Å². The Kier molecular flexibility index (Phi) is 4.66. The van der Waals surface area contributed by atoms with Gasteiger partial charge in [0, 0.05) is 11.2 Å². The number of anilines is 1. The van der Waals surface area contributed by atoms with Crippen LogP contribution >= 0.6 is 0 Å². The summed E-state index contributed by atoms with van der Waals surface area (Å²) in [6.07, 6.45) is 2.77. The number of benzene rings is 1. The molecule has 1 fully saturated rings. The molecule has 0 aromatic heterocycles. The van der Waals surface area contributed by atoms with E-state index in [0.717, 1.165) is 36.3 Å². The minimum Gasteiger partial charge on any atom is -0.496 e. The Morgan fingerprint density at radius 3 is 2.50 bits per heavy atom. The fourth-order valence-corrected chi connectivity index (χ4v) is 2.45. The zero-order chi connectivity index (χ0) is 16.4. The summed E-state index contributed by atoms with van der Waals surface area (Å²) < 4.78 is 10.7. The Morgan fingerprint density at radius 2 is 2.00 bits per heavy atom. The topological polar surface area (TPSA) is 59.6 Å². The summed E-state index contributed by atoms with van der Waals surface area (Å²) in [5.74, 6) is 0.844. The highest BCUT2D eigenvalue weighted by Gasteiger charge is 2.41. The van der Waals surface area contributed by atoms with Gasteiger partial charge in [0.1, 0.15) is 11.4 Å². The van der Waals surface area contributed by atoms with Gasteiger partial charge in [-0.3, -0.25) is 5.32 Å². The van der Waals surface area contributed by atoms with Crippen LogP contribution < -0.4 is 15.4 Å². The first-order valence-corrected chi connectivity index (χ1v) is 7.63. The van der Waals surface area contributed by atoms with E-state index in [1.165, 1.54) is 0 Å². The zero-order valence-corrected chi connectivity index (χ0v) is 14.1. The van der Waals surface area contributed by atoms with Crippen molar-refractivity contribution >= 4 is 11.8 Å². The molecule has 22 heavy (non-hydrogen) atoms. The van der Waals surface area contributed by atoms with E-state index in [9.17, 15) is 4.79 Å². The number of amides is 1. The van der Waals surface area contributed by atoms with Crippen molar-refractivity contribution < 1.29 is 14.3 Å². The van der Waals surface area contributed by atoms with E-state index in [-0.39, 0.29) is 5.54 Å². The molecule has 1 aromatic rings. The molecular formula is C17H26N2O3. The summed E-state index contributed by atoms with van der Waals surface area (Å²) in [4.78, 5) is 11.9. The molecule has 2 N–H and O–H groups in total. The SMILES string of the molecule is CNC1(Cc2cc(NC(=O)OC(C)(C)C)ccc2OC)CC1. The minimum absolute atomic E-state index is 0.178. The fourth-order valence-electron chi connectivity index (χ4n) is 2.45. The summed E-state index contributed by atoms with van der Waals surface area (Å²) in [7, 11) is 3.65. The van der Waals surface area contributed by atoms with Crippen molar-refractivity contribution in [2.24, 2.45) is 0 Å². The summed E-state index contributed by atoms with van der Waals surface area (Å²) in [5.41, 5.74) is 1.47. The van der Waals surface area contributed by atoms with E-state index >= 15 is 0 Å². The van der Waals surface area contributed by atoms with Crippen LogP contribution in [0.3, 0.4) is 0 Å². The van der Waals surface area contributed by atoms with Gasteiger partial charge in [-0.05, 0) is 70.8 Å². The molecule has 5 heteroatoms. The van der Waals surface area contributed by atoms with Crippen molar-refractivity contribution in [3.05, 3.63) is 23.8 Å². The number of rotatable bonds is 5. The zero-order valence-electron chi connectivity index (χ0n) is 14.1. The molecular weight excluding hydrogens is 280 g/mol. The number of carbonyl (C=O) groups excluding carboxylic acids is 1. The smallest absolute Gasteiger partial charge is 0.412 e. The van der Waals surface area contributed by atoms with Crippen molar-refractivity contribution in [1.82, 2.24) is 5.32 Å². The highest BCUT2D eigenvalue weighted by Crippen LogP contribution is 2.40. The second kappa shape index (κ2) is 6.16. The molecule has 0 saturated heterocycles. The lowest BCUT2D eigenvalue weighted by Crippen LogP contribution is -2.30. The summed E-state index contributed by atoms with van der Waals surface area (Å²) in [6.45, 7) is 5.53. The molecule has 122 valence electrons. The van der Waals surface area contributed by atoms with Gasteiger partial charge in [0.05, 0.1) is 7.11 Å². The molecule has 1 aliphatic rings. The molecule has 0 aliphatic heterocycles. The number of ether oxygens (including phenoxy) is 2. The van der Waals surface area contributed by atoms with Gasteiger partial charge < -0.3 is 14.8 Å². The maximum Gasteiger partial charge on any atom is 0.412 e. The fraction of sp³-hybridized carbons (Fsp3) is 0.588. The van der Waals surface area contributed by atoms with Crippen molar-refractivity contribution in [2.45, 2.75) is 51.2 Å². The normalized spacial score (nSPS) is 16.0. The van der Waals surface area contributed by atoms with Crippen molar-refractivity contribution in [3.63, 3.8) is 0 Å². The number of hydrogen-bond acceptors (Lipinski definition) is 4. The predicted molar refractivity (Wildman–Crippen MR) is 87.6 cm³/mol. The van der Waals surface area contributed by atoms with Crippen molar-refractivity contribution in [1.29, 1.82) is 0 Å². The maximum atomic E-state index is 11.9. The second-order valence-corrected chi connectivity index (χ2v) is 6.86. The van der Waals surface area contributed by atoms with Gasteiger partial charge in [-0.2, -0.15) is 0 Å². The highest BCUT2D eigenvalue weighted by atomic mass is 16.6. The summed E-state index contributed by atoms with van der Waals surface area (Å²) in [6, 6.07) is 5.67. The summed E-state index contributed by atoms with van der Waals surface area (Å²) >= 11 is 0. The van der Waals surface area contributed by atoms with Crippen LogP contribution in [0.5, 0.6) is 5.75 Å². The molecule has 1 saturated carbocycles. The maximum absolute atomic E-state index is 11.9. The van der Waals surface area contributed by atoms with Crippen LogP contribution in [0.2, 0.25) is 0 Å². The number of hydrogen-bond donors (Lipinski definition) is 2. The molecule has 0 spiro atoms. The molecule has 1 aromatic carbocycles. The van der Waals surface area contributed by atoms with E-state index in [0.29, 0.717) is 0 Å². The van der Waals surface area contributed by atoms with Crippen LogP contribution in [0.4, 0.5) is 10.5 Å². The Hall–Kier alpha value is -1.75. The molecule has 1 aliphatic carbocycles. The van der Waals surface area contributed by atoms with E-state index in [1.54, 1.807) is 7.11 Å². The average Bonchev–Trinajstić information content (AvgIpc) is 3.17. The lowest BCUT2D eigenvalue weighted by atomic mass is 10.0. The van der Waals surface area contributed by atoms with E-state index in [4.69, 9.17) is 9.47 Å². The second-order valence-electron chi connectivity index (χ2n) is 6.86. The quantitative estimate of drug-likeness (QED) is 0.876. The average molecular weight is 306 g/mol. The van der Waals surface area contributed by atoms with E-state index < -0.39 is 11.7 Å². The lowest BCUT2D eigenvalue weighted by molar-refractivity contribution is 0.0636. The predicted octanol–water partition coefficient (Wildman–Crippen LogP) is 3.34. The van der Waals surface area contributed by atoms with Crippen molar-refractivity contribution in [2.75, 3.05) is 19.5 Å². The first-order chi connectivity index (χ1) is 10.3. The number of carbonyl (C=O) groups is 1. The van der Waals surface area contributed by atoms with Gasteiger partial charge in [0.15, 0.2) is 0 Å². The monoisotopic (exact) mass is 306 g/mol. The first-order valence-electron chi connectivity index (χ1n) is 7.63. The van der Waals surface area contributed by atoms with Crippen LogP contribution in [-0.2, 0) is 11.2 Å². The Bertz CT molecular complexity index is 545. The molecule has 0 bridgehead atoms. The van der Waals surface area contributed by atoms with E-state index in [2.05, 4.69) is 10.6 Å². The number of nitrogens with one attached hydrogen (secondary N) is 2. The minimum atomic E-state index is -0.510.